The highest BCUT2D eigenvalue weighted by Gasteiger charge is 2.19. The summed E-state index contributed by atoms with van der Waals surface area (Å²) in [6.07, 6.45) is 0. The average molecular weight is 374 g/mol. The first kappa shape index (κ1) is 17.7. The Morgan fingerprint density at radius 1 is 1.23 bits per heavy atom. The molecular weight excluding hydrogens is 359 g/mol. The van der Waals surface area contributed by atoms with Gasteiger partial charge < -0.3 is 9.84 Å². The minimum atomic E-state index is -0.523. The quantitative estimate of drug-likeness (QED) is 0.725. The molecule has 0 spiro atoms. The van der Waals surface area contributed by atoms with Crippen LogP contribution < -0.4 is 10.6 Å². The van der Waals surface area contributed by atoms with Crippen LogP contribution in [-0.4, -0.2) is 22.0 Å². The van der Waals surface area contributed by atoms with Gasteiger partial charge in [0.25, 0.3) is 5.91 Å². The molecule has 3 rings (SSSR count). The Morgan fingerprint density at radius 2 is 2.00 bits per heavy atom. The van der Waals surface area contributed by atoms with E-state index in [2.05, 4.69) is 20.8 Å². The van der Waals surface area contributed by atoms with Crippen LogP contribution in [0.4, 0.5) is 15.2 Å². The van der Waals surface area contributed by atoms with Crippen LogP contribution >= 0.6 is 11.3 Å². The number of amides is 2. The van der Waals surface area contributed by atoms with Crippen molar-refractivity contribution in [3.05, 3.63) is 46.4 Å². The summed E-state index contributed by atoms with van der Waals surface area (Å²) in [5, 5.41) is 10.9. The number of hydrogen-bond acceptors (Lipinski definition) is 6. The second-order valence-corrected chi connectivity index (χ2v) is 6.43. The molecule has 2 aromatic heterocycles. The number of nitrogens with one attached hydrogen (secondary N) is 2. The zero-order chi connectivity index (χ0) is 18.8. The van der Waals surface area contributed by atoms with E-state index in [-0.39, 0.29) is 17.4 Å². The summed E-state index contributed by atoms with van der Waals surface area (Å²) in [7, 11) is 0. The number of aryl methyl sites for hydroxylation is 2. The topological polar surface area (TPSA) is 97.1 Å². The van der Waals surface area contributed by atoms with Crippen molar-refractivity contribution in [3.8, 4) is 11.3 Å². The van der Waals surface area contributed by atoms with Crippen molar-refractivity contribution in [2.45, 2.75) is 20.8 Å². The second-order valence-electron chi connectivity index (χ2n) is 5.57. The van der Waals surface area contributed by atoms with E-state index in [9.17, 15) is 14.0 Å². The van der Waals surface area contributed by atoms with Crippen molar-refractivity contribution in [2.24, 2.45) is 0 Å². The normalized spacial score (nSPS) is 10.6. The van der Waals surface area contributed by atoms with Gasteiger partial charge in [0, 0.05) is 23.6 Å². The zero-order valence-electron chi connectivity index (χ0n) is 14.2. The summed E-state index contributed by atoms with van der Waals surface area (Å²) >= 11 is 1.17. The summed E-state index contributed by atoms with van der Waals surface area (Å²) in [4.78, 5) is 27.6. The molecule has 134 valence electrons. The molecule has 0 unspecified atom stereocenters. The van der Waals surface area contributed by atoms with E-state index < -0.39 is 5.82 Å². The third kappa shape index (κ3) is 3.62. The molecule has 3 aromatic rings. The summed E-state index contributed by atoms with van der Waals surface area (Å²) in [5.41, 5.74) is 1.86. The number of hydrogen-bond donors (Lipinski definition) is 2. The number of carbonyl (C=O) groups is 2. The highest BCUT2D eigenvalue weighted by molar-refractivity contribution is 7.14. The molecule has 0 saturated carbocycles. The van der Waals surface area contributed by atoms with Crippen LogP contribution in [0.15, 0.2) is 28.1 Å². The Balaban J connectivity index is 1.80. The van der Waals surface area contributed by atoms with Gasteiger partial charge in [0.15, 0.2) is 5.13 Å². The Kier molecular flexibility index (Phi) is 4.81. The van der Waals surface area contributed by atoms with Gasteiger partial charge in [-0.1, -0.05) is 5.16 Å². The average Bonchev–Trinajstić information content (AvgIpc) is 3.13. The molecule has 1 aromatic carbocycles. The van der Waals surface area contributed by atoms with E-state index in [1.54, 1.807) is 25.3 Å². The Bertz CT molecular complexity index is 976. The molecular formula is C17H15FN4O3S. The predicted molar refractivity (Wildman–Crippen MR) is 95.7 cm³/mol. The van der Waals surface area contributed by atoms with E-state index in [1.807, 2.05) is 0 Å². The number of nitrogens with zero attached hydrogens (tertiary/aromatic N) is 2. The molecule has 0 aliphatic heterocycles. The van der Waals surface area contributed by atoms with Gasteiger partial charge in [-0.25, -0.2) is 9.37 Å². The van der Waals surface area contributed by atoms with Crippen molar-refractivity contribution in [2.75, 3.05) is 10.6 Å². The van der Waals surface area contributed by atoms with E-state index in [0.717, 1.165) is 0 Å². The third-order valence-electron chi connectivity index (χ3n) is 3.55. The molecule has 7 nitrogen and oxygen atoms in total. The first-order valence-corrected chi connectivity index (χ1v) is 8.50. The van der Waals surface area contributed by atoms with Gasteiger partial charge in [0.05, 0.1) is 11.4 Å². The van der Waals surface area contributed by atoms with E-state index in [0.29, 0.717) is 33.5 Å². The lowest BCUT2D eigenvalue weighted by atomic mass is 10.1. The SMILES string of the molecule is CC(=O)Nc1ccc(-c2csc(NC(=O)c3c(C)noc3C)n2)c(F)c1. The van der Waals surface area contributed by atoms with E-state index in [1.165, 1.54) is 30.4 Å². The number of benzene rings is 1. The molecule has 0 aliphatic rings. The number of carbonyl (C=O) groups excluding carboxylic acids is 2. The van der Waals surface area contributed by atoms with Crippen LogP contribution in [0, 0.1) is 19.7 Å². The van der Waals surface area contributed by atoms with Crippen molar-refractivity contribution in [1.29, 1.82) is 0 Å². The van der Waals surface area contributed by atoms with E-state index in [4.69, 9.17) is 4.52 Å². The lowest BCUT2D eigenvalue weighted by Crippen LogP contribution is -2.13. The number of thiazole rings is 1. The summed E-state index contributed by atoms with van der Waals surface area (Å²) < 4.78 is 19.3. The van der Waals surface area contributed by atoms with Crippen molar-refractivity contribution in [1.82, 2.24) is 10.1 Å². The first-order chi connectivity index (χ1) is 12.3. The molecule has 0 radical (unpaired) electrons. The Labute approximate surface area is 152 Å². The fourth-order valence-corrected chi connectivity index (χ4v) is 3.13. The number of halogens is 1. The number of rotatable bonds is 4. The van der Waals surface area contributed by atoms with Gasteiger partial charge in [-0.2, -0.15) is 0 Å². The Morgan fingerprint density at radius 3 is 2.62 bits per heavy atom. The maximum atomic E-state index is 14.3. The third-order valence-corrected chi connectivity index (χ3v) is 4.31. The van der Waals surface area contributed by atoms with Gasteiger partial charge in [-0.05, 0) is 32.0 Å². The lowest BCUT2D eigenvalue weighted by molar-refractivity contribution is -0.114. The number of aromatic nitrogens is 2. The molecule has 0 atom stereocenters. The first-order valence-electron chi connectivity index (χ1n) is 7.62. The molecule has 9 heteroatoms. The van der Waals surface area contributed by atoms with Crippen LogP contribution in [-0.2, 0) is 4.79 Å². The molecule has 26 heavy (non-hydrogen) atoms. The number of anilines is 2. The lowest BCUT2D eigenvalue weighted by Gasteiger charge is -2.05. The summed E-state index contributed by atoms with van der Waals surface area (Å²) in [6.45, 7) is 4.67. The zero-order valence-corrected chi connectivity index (χ0v) is 15.0. The molecule has 0 aliphatic carbocycles. The summed E-state index contributed by atoms with van der Waals surface area (Å²) in [6, 6.07) is 4.33. The van der Waals surface area contributed by atoms with Gasteiger partial charge in [-0.3, -0.25) is 14.9 Å². The van der Waals surface area contributed by atoms with Gasteiger partial charge in [0.2, 0.25) is 5.91 Å². The highest BCUT2D eigenvalue weighted by Crippen LogP contribution is 2.29. The minimum absolute atomic E-state index is 0.271. The molecule has 2 heterocycles. The monoisotopic (exact) mass is 374 g/mol. The molecule has 2 amide bonds. The minimum Gasteiger partial charge on any atom is -0.361 e. The largest absolute Gasteiger partial charge is 0.361 e. The predicted octanol–water partition coefficient (Wildman–Crippen LogP) is 3.76. The van der Waals surface area contributed by atoms with Gasteiger partial charge in [0.1, 0.15) is 17.1 Å². The van der Waals surface area contributed by atoms with Crippen LogP contribution in [0.3, 0.4) is 0 Å². The van der Waals surface area contributed by atoms with Crippen molar-refractivity contribution >= 4 is 34.0 Å². The molecule has 0 saturated heterocycles. The van der Waals surface area contributed by atoms with Crippen LogP contribution in [0.25, 0.3) is 11.3 Å². The standard InChI is InChI=1S/C17H15FN4O3S/c1-8-15(9(2)25-22-8)16(24)21-17-20-14(7-26-17)12-5-4-11(6-13(12)18)19-10(3)23/h4-7H,1-3H3,(H,19,23)(H,20,21,24). The fourth-order valence-electron chi connectivity index (χ4n) is 2.43. The van der Waals surface area contributed by atoms with Crippen LogP contribution in [0.5, 0.6) is 0 Å². The van der Waals surface area contributed by atoms with Gasteiger partial charge >= 0.3 is 0 Å². The highest BCUT2D eigenvalue weighted by atomic mass is 32.1. The second kappa shape index (κ2) is 7.04. The van der Waals surface area contributed by atoms with Gasteiger partial charge in [-0.15, -0.1) is 11.3 Å². The van der Waals surface area contributed by atoms with Crippen molar-refractivity contribution < 1.29 is 18.5 Å². The molecule has 0 fully saturated rings. The van der Waals surface area contributed by atoms with Crippen LogP contribution in [0.1, 0.15) is 28.7 Å². The van der Waals surface area contributed by atoms with Crippen molar-refractivity contribution in [3.63, 3.8) is 0 Å². The maximum Gasteiger partial charge on any atom is 0.262 e. The van der Waals surface area contributed by atoms with Crippen LogP contribution in [0.2, 0.25) is 0 Å². The molecule has 2 N–H and O–H groups in total. The maximum absolute atomic E-state index is 14.3. The molecule has 0 bridgehead atoms. The summed E-state index contributed by atoms with van der Waals surface area (Å²) in [5.74, 6) is -0.778. The fraction of sp³-hybridized carbons (Fsp3) is 0.176. The van der Waals surface area contributed by atoms with E-state index >= 15 is 0 Å². The Hall–Kier alpha value is -3.07. The smallest absolute Gasteiger partial charge is 0.262 e.